The summed E-state index contributed by atoms with van der Waals surface area (Å²) < 4.78 is 30.7. The number of rotatable bonds is 8. The lowest BCUT2D eigenvalue weighted by Gasteiger charge is -2.08. The maximum atomic E-state index is 12.1. The van der Waals surface area contributed by atoms with Crippen LogP contribution in [0.5, 0.6) is 0 Å². The number of nitrogens with zero attached hydrogens (tertiary/aromatic N) is 4. The van der Waals surface area contributed by atoms with E-state index in [1.54, 1.807) is 36.7 Å². The Labute approximate surface area is 166 Å². The molecule has 28 heavy (non-hydrogen) atoms. The van der Waals surface area contributed by atoms with E-state index < -0.39 is 10.0 Å². The van der Waals surface area contributed by atoms with E-state index in [0.717, 1.165) is 26.1 Å². The highest BCUT2D eigenvalue weighted by atomic mass is 32.2. The van der Waals surface area contributed by atoms with Crippen LogP contribution in [0.15, 0.2) is 45.4 Å². The van der Waals surface area contributed by atoms with E-state index in [4.69, 9.17) is 4.52 Å². The molecule has 0 bridgehead atoms. The van der Waals surface area contributed by atoms with Crippen molar-refractivity contribution in [2.45, 2.75) is 23.6 Å². The second-order valence-corrected chi connectivity index (χ2v) is 9.58. The SMILES string of the molecule is CN(C)S(=O)(=O)c1ccc(CNC(=O)CCc2nc(-c3ccncc3)no2)s1. The van der Waals surface area contributed by atoms with Crippen LogP contribution in [-0.2, 0) is 27.8 Å². The number of nitrogens with one attached hydrogen (secondary N) is 1. The minimum Gasteiger partial charge on any atom is -0.351 e. The predicted molar refractivity (Wildman–Crippen MR) is 103 cm³/mol. The maximum Gasteiger partial charge on any atom is 0.252 e. The summed E-state index contributed by atoms with van der Waals surface area (Å²) in [6, 6.07) is 6.78. The number of hydrogen-bond donors (Lipinski definition) is 1. The van der Waals surface area contributed by atoms with Gasteiger partial charge in [0, 0.05) is 49.8 Å². The van der Waals surface area contributed by atoms with E-state index in [-0.39, 0.29) is 23.1 Å². The summed E-state index contributed by atoms with van der Waals surface area (Å²) in [5.41, 5.74) is 0.788. The fourth-order valence-corrected chi connectivity index (χ4v) is 4.71. The van der Waals surface area contributed by atoms with Crippen molar-refractivity contribution < 1.29 is 17.7 Å². The second-order valence-electron chi connectivity index (χ2n) is 6.03. The summed E-state index contributed by atoms with van der Waals surface area (Å²) in [7, 11) is -0.493. The van der Waals surface area contributed by atoms with E-state index in [9.17, 15) is 13.2 Å². The highest BCUT2D eigenvalue weighted by Gasteiger charge is 2.19. The first kappa shape index (κ1) is 20.1. The summed E-state index contributed by atoms with van der Waals surface area (Å²) in [6.07, 6.45) is 3.78. The number of pyridine rings is 1. The van der Waals surface area contributed by atoms with Crippen molar-refractivity contribution in [3.05, 3.63) is 47.4 Å². The topological polar surface area (TPSA) is 118 Å². The molecule has 0 saturated heterocycles. The quantitative estimate of drug-likeness (QED) is 0.588. The van der Waals surface area contributed by atoms with Crippen LogP contribution in [-0.4, -0.2) is 47.9 Å². The lowest BCUT2D eigenvalue weighted by molar-refractivity contribution is -0.121. The van der Waals surface area contributed by atoms with Crippen LogP contribution in [0.2, 0.25) is 0 Å². The molecular formula is C17H19N5O4S2. The molecule has 148 valence electrons. The van der Waals surface area contributed by atoms with Gasteiger partial charge in [0.1, 0.15) is 4.21 Å². The Balaban J connectivity index is 1.49. The van der Waals surface area contributed by atoms with E-state index >= 15 is 0 Å². The molecule has 0 atom stereocenters. The molecule has 11 heteroatoms. The van der Waals surface area contributed by atoms with Crippen molar-refractivity contribution in [3.63, 3.8) is 0 Å². The zero-order valence-corrected chi connectivity index (χ0v) is 17.0. The smallest absolute Gasteiger partial charge is 0.252 e. The Morgan fingerprint density at radius 1 is 1.21 bits per heavy atom. The molecule has 3 rings (SSSR count). The van der Waals surface area contributed by atoms with Gasteiger partial charge in [-0.1, -0.05) is 5.16 Å². The molecule has 0 aliphatic rings. The summed E-state index contributed by atoms with van der Waals surface area (Å²) in [5.74, 6) is 0.637. The molecule has 3 aromatic heterocycles. The average molecular weight is 422 g/mol. The number of carbonyl (C=O) groups excluding carboxylic acids is 1. The van der Waals surface area contributed by atoms with Gasteiger partial charge >= 0.3 is 0 Å². The van der Waals surface area contributed by atoms with Crippen molar-refractivity contribution in [2.24, 2.45) is 0 Å². The minimum absolute atomic E-state index is 0.186. The van der Waals surface area contributed by atoms with Gasteiger partial charge in [0.2, 0.25) is 17.6 Å². The van der Waals surface area contributed by atoms with Crippen LogP contribution in [0.25, 0.3) is 11.4 Å². The molecule has 0 radical (unpaired) electrons. The van der Waals surface area contributed by atoms with Gasteiger partial charge in [-0.25, -0.2) is 12.7 Å². The fourth-order valence-electron chi connectivity index (χ4n) is 2.24. The van der Waals surface area contributed by atoms with Crippen LogP contribution in [0.1, 0.15) is 17.2 Å². The summed E-state index contributed by atoms with van der Waals surface area (Å²) in [6.45, 7) is 0.262. The van der Waals surface area contributed by atoms with Crippen LogP contribution >= 0.6 is 11.3 Å². The van der Waals surface area contributed by atoms with Crippen LogP contribution in [0, 0.1) is 0 Å². The number of amides is 1. The normalized spacial score (nSPS) is 11.7. The number of aromatic nitrogens is 3. The average Bonchev–Trinajstić information content (AvgIpc) is 3.35. The van der Waals surface area contributed by atoms with E-state index in [2.05, 4.69) is 20.4 Å². The Bertz CT molecular complexity index is 1040. The number of carbonyl (C=O) groups is 1. The first-order valence-corrected chi connectivity index (χ1v) is 10.6. The molecular weight excluding hydrogens is 402 g/mol. The molecule has 0 saturated carbocycles. The van der Waals surface area contributed by atoms with Crippen molar-refractivity contribution in [1.29, 1.82) is 0 Å². The second kappa shape index (κ2) is 8.59. The number of hydrogen-bond acceptors (Lipinski definition) is 8. The van der Waals surface area contributed by atoms with Crippen molar-refractivity contribution >= 4 is 27.3 Å². The maximum absolute atomic E-state index is 12.1. The summed E-state index contributed by atoms with van der Waals surface area (Å²) in [4.78, 5) is 21.0. The van der Waals surface area contributed by atoms with Gasteiger partial charge < -0.3 is 9.84 Å². The first-order valence-electron chi connectivity index (χ1n) is 8.37. The molecule has 0 aromatic carbocycles. The molecule has 0 aliphatic heterocycles. The fraction of sp³-hybridized carbons (Fsp3) is 0.294. The van der Waals surface area contributed by atoms with Crippen molar-refractivity contribution in [2.75, 3.05) is 14.1 Å². The number of sulfonamides is 1. The van der Waals surface area contributed by atoms with Gasteiger partial charge in [0.15, 0.2) is 0 Å². The van der Waals surface area contributed by atoms with Gasteiger partial charge in [-0.3, -0.25) is 9.78 Å². The molecule has 3 heterocycles. The molecule has 1 N–H and O–H groups in total. The van der Waals surface area contributed by atoms with Crippen LogP contribution < -0.4 is 5.32 Å². The standard InChI is InChI=1S/C17H19N5O4S2/c1-22(2)28(24,25)16-6-3-13(27-16)11-19-14(23)4-5-15-20-17(21-26-15)12-7-9-18-10-8-12/h3,6-10H,4-5,11H2,1-2H3,(H,19,23). The zero-order valence-electron chi connectivity index (χ0n) is 15.3. The minimum atomic E-state index is -3.45. The molecule has 0 aliphatic carbocycles. The Kier molecular flexibility index (Phi) is 6.17. The summed E-state index contributed by atoms with van der Waals surface area (Å²) >= 11 is 1.14. The third kappa shape index (κ3) is 4.80. The third-order valence-electron chi connectivity index (χ3n) is 3.80. The number of aryl methyl sites for hydroxylation is 1. The molecule has 0 unspecified atom stereocenters. The van der Waals surface area contributed by atoms with Crippen LogP contribution in [0.3, 0.4) is 0 Å². The predicted octanol–water partition coefficient (Wildman–Crippen LogP) is 1.69. The van der Waals surface area contributed by atoms with Gasteiger partial charge in [-0.2, -0.15) is 4.98 Å². The molecule has 3 aromatic rings. The van der Waals surface area contributed by atoms with E-state index in [0.29, 0.717) is 18.1 Å². The van der Waals surface area contributed by atoms with E-state index in [1.807, 2.05) is 0 Å². The van der Waals surface area contributed by atoms with E-state index in [1.165, 1.54) is 14.1 Å². The van der Waals surface area contributed by atoms with Gasteiger partial charge in [-0.05, 0) is 24.3 Å². The Morgan fingerprint density at radius 2 is 1.96 bits per heavy atom. The van der Waals surface area contributed by atoms with Gasteiger partial charge in [0.25, 0.3) is 10.0 Å². The van der Waals surface area contributed by atoms with Crippen molar-refractivity contribution in [3.8, 4) is 11.4 Å². The summed E-state index contributed by atoms with van der Waals surface area (Å²) in [5, 5.41) is 6.66. The van der Waals surface area contributed by atoms with Gasteiger partial charge in [0.05, 0.1) is 6.54 Å². The number of thiophene rings is 1. The lowest BCUT2D eigenvalue weighted by Crippen LogP contribution is -2.22. The highest BCUT2D eigenvalue weighted by Crippen LogP contribution is 2.23. The highest BCUT2D eigenvalue weighted by molar-refractivity contribution is 7.91. The molecule has 9 nitrogen and oxygen atoms in total. The third-order valence-corrected chi connectivity index (χ3v) is 7.17. The van der Waals surface area contributed by atoms with Crippen LogP contribution in [0.4, 0.5) is 0 Å². The Morgan fingerprint density at radius 3 is 2.68 bits per heavy atom. The largest absolute Gasteiger partial charge is 0.351 e. The zero-order chi connectivity index (χ0) is 20.1. The lowest BCUT2D eigenvalue weighted by atomic mass is 10.2. The Hall–Kier alpha value is -2.63. The monoisotopic (exact) mass is 421 g/mol. The van der Waals surface area contributed by atoms with Crippen molar-refractivity contribution in [1.82, 2.24) is 24.7 Å². The molecule has 0 spiro atoms. The molecule has 1 amide bonds. The van der Waals surface area contributed by atoms with Gasteiger partial charge in [-0.15, -0.1) is 11.3 Å². The molecule has 0 fully saturated rings. The first-order chi connectivity index (χ1) is 13.4.